The molecule has 1 saturated heterocycles. The molecule has 2 aliphatic rings. The molecule has 0 unspecified atom stereocenters. The molecule has 2 aromatic carbocycles. The summed E-state index contributed by atoms with van der Waals surface area (Å²) >= 11 is 0. The molecule has 3 atom stereocenters. The highest BCUT2D eigenvalue weighted by Gasteiger charge is 2.49. The molecular formula is C22H21NO4. The first kappa shape index (κ1) is 17.5. The molecule has 27 heavy (non-hydrogen) atoms. The number of nitrogens with zero attached hydrogens (tertiary/aromatic N) is 1. The summed E-state index contributed by atoms with van der Waals surface area (Å²) in [4.78, 5) is 39.0. The Hall–Kier alpha value is -2.95. The van der Waals surface area contributed by atoms with Crippen molar-refractivity contribution in [3.63, 3.8) is 0 Å². The number of esters is 1. The van der Waals surface area contributed by atoms with Crippen LogP contribution in [0.2, 0.25) is 0 Å². The van der Waals surface area contributed by atoms with Crippen LogP contribution in [0.4, 0.5) is 5.69 Å². The fraction of sp³-hybridized carbons (Fsp3) is 0.318. The van der Waals surface area contributed by atoms with E-state index in [1.165, 1.54) is 4.90 Å². The summed E-state index contributed by atoms with van der Waals surface area (Å²) < 4.78 is 5.31. The molecule has 0 spiro atoms. The van der Waals surface area contributed by atoms with Crippen molar-refractivity contribution in [1.82, 2.24) is 0 Å². The van der Waals surface area contributed by atoms with Gasteiger partial charge in [-0.25, -0.2) is 4.79 Å². The predicted molar refractivity (Wildman–Crippen MR) is 100 cm³/mol. The molecule has 138 valence electrons. The highest BCUT2D eigenvalue weighted by Crippen LogP contribution is 2.42. The third-order valence-electron chi connectivity index (χ3n) is 5.50. The fourth-order valence-electron chi connectivity index (χ4n) is 4.05. The van der Waals surface area contributed by atoms with Gasteiger partial charge >= 0.3 is 5.97 Å². The number of amides is 2. The van der Waals surface area contributed by atoms with Crippen molar-refractivity contribution in [2.24, 2.45) is 17.8 Å². The molecule has 0 radical (unpaired) electrons. The summed E-state index contributed by atoms with van der Waals surface area (Å²) in [6.07, 6.45) is 2.53. The maximum absolute atomic E-state index is 12.8. The second-order valence-electron chi connectivity index (χ2n) is 7.39. The lowest BCUT2D eigenvalue weighted by Crippen LogP contribution is -2.30. The van der Waals surface area contributed by atoms with Crippen molar-refractivity contribution in [1.29, 1.82) is 0 Å². The lowest BCUT2D eigenvalue weighted by molar-refractivity contribution is -0.122. The second-order valence-corrected chi connectivity index (χ2v) is 7.39. The van der Waals surface area contributed by atoms with E-state index in [9.17, 15) is 14.4 Å². The maximum Gasteiger partial charge on any atom is 0.343 e. The first-order valence-electron chi connectivity index (χ1n) is 9.29. The summed E-state index contributed by atoms with van der Waals surface area (Å²) in [6, 6.07) is 15.3. The second kappa shape index (κ2) is 6.99. The van der Waals surface area contributed by atoms with Crippen LogP contribution in [0.25, 0.3) is 0 Å². The quantitative estimate of drug-likeness (QED) is 0.472. The van der Waals surface area contributed by atoms with Crippen molar-refractivity contribution >= 4 is 23.5 Å². The number of rotatable bonds is 3. The third kappa shape index (κ3) is 3.25. The van der Waals surface area contributed by atoms with Crippen LogP contribution in [0.5, 0.6) is 5.75 Å². The number of imide groups is 1. The van der Waals surface area contributed by atoms with Gasteiger partial charge in [-0.05, 0) is 61.6 Å². The minimum absolute atomic E-state index is 0.114. The summed E-state index contributed by atoms with van der Waals surface area (Å²) in [6.45, 7) is 2.13. The van der Waals surface area contributed by atoms with Crippen LogP contribution in [0.15, 0.2) is 54.6 Å². The number of benzene rings is 2. The Morgan fingerprint density at radius 2 is 1.59 bits per heavy atom. The Bertz CT molecular complexity index is 875. The third-order valence-corrected chi connectivity index (χ3v) is 5.50. The van der Waals surface area contributed by atoms with Crippen molar-refractivity contribution in [3.05, 3.63) is 60.2 Å². The van der Waals surface area contributed by atoms with Crippen LogP contribution in [0.3, 0.4) is 0 Å². The van der Waals surface area contributed by atoms with Gasteiger partial charge in [-0.15, -0.1) is 0 Å². The number of hydrogen-bond acceptors (Lipinski definition) is 4. The molecule has 1 aliphatic heterocycles. The smallest absolute Gasteiger partial charge is 0.343 e. The van der Waals surface area contributed by atoms with E-state index in [2.05, 4.69) is 6.92 Å². The Labute approximate surface area is 157 Å². The normalized spacial score (nSPS) is 24.6. The largest absolute Gasteiger partial charge is 0.423 e. The lowest BCUT2D eigenvalue weighted by atomic mass is 9.76. The molecule has 5 heteroatoms. The van der Waals surface area contributed by atoms with E-state index in [0.29, 0.717) is 22.9 Å². The molecule has 2 fully saturated rings. The summed E-state index contributed by atoms with van der Waals surface area (Å²) in [5.74, 6) is -0.171. The highest BCUT2D eigenvalue weighted by molar-refractivity contribution is 6.22. The van der Waals surface area contributed by atoms with E-state index >= 15 is 0 Å². The average Bonchev–Trinajstić information content (AvgIpc) is 2.92. The van der Waals surface area contributed by atoms with Gasteiger partial charge in [-0.1, -0.05) is 25.1 Å². The topological polar surface area (TPSA) is 63.7 Å². The van der Waals surface area contributed by atoms with Gasteiger partial charge in [0.2, 0.25) is 11.8 Å². The van der Waals surface area contributed by atoms with Gasteiger partial charge in [-0.3, -0.25) is 14.5 Å². The number of carbonyl (C=O) groups excluding carboxylic acids is 3. The van der Waals surface area contributed by atoms with Crippen LogP contribution in [0, 0.1) is 17.8 Å². The Morgan fingerprint density at radius 1 is 0.926 bits per heavy atom. The van der Waals surface area contributed by atoms with Gasteiger partial charge < -0.3 is 4.74 Å². The van der Waals surface area contributed by atoms with E-state index < -0.39 is 5.97 Å². The molecule has 1 aliphatic carbocycles. The summed E-state index contributed by atoms with van der Waals surface area (Å²) in [5.41, 5.74) is 0.885. The van der Waals surface area contributed by atoms with Crippen LogP contribution < -0.4 is 9.64 Å². The molecule has 0 aromatic heterocycles. The Morgan fingerprint density at radius 3 is 2.30 bits per heavy atom. The first-order chi connectivity index (χ1) is 13.0. The van der Waals surface area contributed by atoms with Crippen molar-refractivity contribution in [2.45, 2.75) is 26.2 Å². The van der Waals surface area contributed by atoms with Crippen LogP contribution in [0.1, 0.15) is 36.5 Å². The van der Waals surface area contributed by atoms with Crippen LogP contribution >= 0.6 is 0 Å². The number of para-hydroxylation sites is 1. The van der Waals surface area contributed by atoms with Gasteiger partial charge in [0, 0.05) is 0 Å². The van der Waals surface area contributed by atoms with Crippen LogP contribution in [-0.4, -0.2) is 17.8 Å². The summed E-state index contributed by atoms with van der Waals surface area (Å²) in [5, 5.41) is 0. The minimum atomic E-state index is -0.477. The van der Waals surface area contributed by atoms with E-state index in [4.69, 9.17) is 4.74 Å². The average molecular weight is 363 g/mol. The molecule has 1 heterocycles. The minimum Gasteiger partial charge on any atom is -0.423 e. The standard InChI is InChI=1S/C22H21NO4/c1-14-7-12-18-19(13-14)21(25)23(20(18)24)16-10-8-15(9-11-16)22(26)27-17-5-3-2-4-6-17/h2-6,8-11,14,18-19H,7,12-13H2,1H3/t14-,18+,19+/m0/s1. The SMILES string of the molecule is C[C@H]1CC[C@H]2C(=O)N(c3ccc(C(=O)Oc4ccccc4)cc3)C(=O)[C@@H]2C1. The molecular weight excluding hydrogens is 342 g/mol. The van der Waals surface area contributed by atoms with Gasteiger partial charge in [0.25, 0.3) is 0 Å². The highest BCUT2D eigenvalue weighted by atomic mass is 16.5. The van der Waals surface area contributed by atoms with Crippen LogP contribution in [-0.2, 0) is 9.59 Å². The number of hydrogen-bond donors (Lipinski definition) is 0. The molecule has 0 bridgehead atoms. The Balaban J connectivity index is 1.51. The van der Waals surface area contributed by atoms with E-state index in [1.54, 1.807) is 48.5 Å². The number of fused-ring (bicyclic) bond motifs is 1. The number of ether oxygens (including phenoxy) is 1. The van der Waals surface area contributed by atoms with Gasteiger partial charge in [0.15, 0.2) is 0 Å². The Kier molecular flexibility index (Phi) is 4.52. The van der Waals surface area contributed by atoms with Gasteiger partial charge in [-0.2, -0.15) is 0 Å². The predicted octanol–water partition coefficient (Wildman–Crippen LogP) is 3.83. The fourth-order valence-corrected chi connectivity index (χ4v) is 4.05. The first-order valence-corrected chi connectivity index (χ1v) is 9.29. The van der Waals surface area contributed by atoms with Crippen molar-refractivity contribution in [3.8, 4) is 5.75 Å². The van der Waals surface area contributed by atoms with Crippen molar-refractivity contribution in [2.75, 3.05) is 4.90 Å². The molecule has 1 saturated carbocycles. The number of carbonyl (C=O) groups is 3. The molecule has 0 N–H and O–H groups in total. The van der Waals surface area contributed by atoms with E-state index in [1.807, 2.05) is 6.07 Å². The zero-order valence-electron chi connectivity index (χ0n) is 15.1. The zero-order chi connectivity index (χ0) is 19.0. The van der Waals surface area contributed by atoms with E-state index in [-0.39, 0.29) is 23.7 Å². The summed E-state index contributed by atoms with van der Waals surface area (Å²) in [7, 11) is 0. The number of anilines is 1. The van der Waals surface area contributed by atoms with Gasteiger partial charge in [0.1, 0.15) is 5.75 Å². The monoisotopic (exact) mass is 363 g/mol. The lowest BCUT2D eigenvalue weighted by Gasteiger charge is -2.25. The molecule has 2 amide bonds. The maximum atomic E-state index is 12.8. The van der Waals surface area contributed by atoms with Crippen molar-refractivity contribution < 1.29 is 19.1 Å². The molecule has 5 nitrogen and oxygen atoms in total. The van der Waals surface area contributed by atoms with Gasteiger partial charge in [0.05, 0.1) is 23.1 Å². The van der Waals surface area contributed by atoms with E-state index in [0.717, 1.165) is 19.3 Å². The molecule has 4 rings (SSSR count). The zero-order valence-corrected chi connectivity index (χ0v) is 15.1. The molecule has 2 aromatic rings.